The van der Waals surface area contributed by atoms with E-state index in [9.17, 15) is 14.4 Å². The lowest BCUT2D eigenvalue weighted by atomic mass is 9.86. The highest BCUT2D eigenvalue weighted by Crippen LogP contribution is 2.36. The summed E-state index contributed by atoms with van der Waals surface area (Å²) < 4.78 is 11.4. The highest BCUT2D eigenvalue weighted by molar-refractivity contribution is 6.30. The SMILES string of the molecule is CC1=NC(=O)N(CCCN2CCN(c3ccc(Oc4ccc(Cl)cc4)cc3)C2=O)C(c2cccc(Cl)c2)C1C(=O)OC(C)C. The Balaban J connectivity index is 1.24. The summed E-state index contributed by atoms with van der Waals surface area (Å²) in [5.74, 6) is 0.0932. The molecule has 0 radical (unpaired) electrons. The molecule has 2 aliphatic rings. The third-order valence-electron chi connectivity index (χ3n) is 7.54. The molecule has 4 amide bonds. The number of esters is 1. The number of amides is 4. The molecule has 2 heterocycles. The minimum atomic E-state index is -0.774. The van der Waals surface area contributed by atoms with Gasteiger partial charge in [0.1, 0.15) is 17.4 Å². The Bertz CT molecular complexity index is 1540. The van der Waals surface area contributed by atoms with Crippen LogP contribution >= 0.6 is 23.2 Å². The molecule has 0 bridgehead atoms. The Labute approximate surface area is 267 Å². The topological polar surface area (TPSA) is 91.8 Å². The van der Waals surface area contributed by atoms with Crippen molar-refractivity contribution in [3.8, 4) is 11.5 Å². The van der Waals surface area contributed by atoms with Crippen LogP contribution in [0.5, 0.6) is 11.5 Å². The van der Waals surface area contributed by atoms with Crippen molar-refractivity contribution in [1.82, 2.24) is 9.80 Å². The summed E-state index contributed by atoms with van der Waals surface area (Å²) in [5.41, 5.74) is 1.89. The van der Waals surface area contributed by atoms with Gasteiger partial charge >= 0.3 is 18.0 Å². The van der Waals surface area contributed by atoms with Crippen LogP contribution in [0.2, 0.25) is 10.0 Å². The lowest BCUT2D eigenvalue weighted by Crippen LogP contribution is -2.48. The molecule has 1 saturated heterocycles. The summed E-state index contributed by atoms with van der Waals surface area (Å²) in [7, 11) is 0. The number of carbonyl (C=O) groups excluding carboxylic acids is 3. The van der Waals surface area contributed by atoms with Gasteiger partial charge in [-0.2, -0.15) is 0 Å². The van der Waals surface area contributed by atoms with Gasteiger partial charge in [0.15, 0.2) is 0 Å². The third-order valence-corrected chi connectivity index (χ3v) is 8.02. The standard InChI is InChI=1S/C33H34Cl2N4O5/c1-21(2)43-31(40)29-22(3)36-32(41)39(30(29)23-6-4-7-25(35)20-23)17-5-16-37-18-19-38(33(37)42)26-10-14-28(15-11-26)44-27-12-8-24(34)9-13-27/h4,6-15,20-21,29-30H,5,16-19H2,1-3H3. The number of nitrogens with zero attached hydrogens (tertiary/aromatic N) is 4. The number of benzene rings is 3. The lowest BCUT2D eigenvalue weighted by molar-refractivity contribution is -0.151. The van der Waals surface area contributed by atoms with Gasteiger partial charge in [-0.15, -0.1) is 0 Å². The number of halogens is 2. The average Bonchev–Trinajstić information content (AvgIpc) is 3.34. The molecule has 9 nitrogen and oxygen atoms in total. The Kier molecular flexibility index (Phi) is 9.76. The van der Waals surface area contributed by atoms with E-state index in [0.29, 0.717) is 59.9 Å². The van der Waals surface area contributed by atoms with E-state index in [2.05, 4.69) is 4.99 Å². The molecule has 5 rings (SSSR count). The van der Waals surface area contributed by atoms with Crippen LogP contribution in [-0.4, -0.2) is 65.8 Å². The predicted octanol–water partition coefficient (Wildman–Crippen LogP) is 7.62. The van der Waals surface area contributed by atoms with Gasteiger partial charge < -0.3 is 19.3 Å². The number of urea groups is 2. The quantitative estimate of drug-likeness (QED) is 0.213. The van der Waals surface area contributed by atoms with Crippen molar-refractivity contribution in [2.24, 2.45) is 10.9 Å². The molecule has 0 aliphatic carbocycles. The fourth-order valence-corrected chi connectivity index (χ4v) is 5.83. The molecule has 230 valence electrons. The second-order valence-electron chi connectivity index (χ2n) is 11.0. The first-order valence-corrected chi connectivity index (χ1v) is 15.3. The van der Waals surface area contributed by atoms with Crippen molar-refractivity contribution < 1.29 is 23.9 Å². The summed E-state index contributed by atoms with van der Waals surface area (Å²) in [6.45, 7) is 7.05. The van der Waals surface area contributed by atoms with E-state index in [0.717, 1.165) is 11.3 Å². The fraction of sp³-hybridized carbons (Fsp3) is 0.333. The largest absolute Gasteiger partial charge is 0.462 e. The van der Waals surface area contributed by atoms with Crippen LogP contribution in [0.1, 0.15) is 38.8 Å². The van der Waals surface area contributed by atoms with Crippen LogP contribution in [0.4, 0.5) is 15.3 Å². The molecule has 0 N–H and O–H groups in total. The first kappa shape index (κ1) is 31.3. The molecule has 0 aromatic heterocycles. The number of anilines is 1. The molecule has 2 atom stereocenters. The van der Waals surface area contributed by atoms with Gasteiger partial charge in [0.2, 0.25) is 0 Å². The van der Waals surface area contributed by atoms with Crippen LogP contribution in [0, 0.1) is 5.92 Å². The molecule has 3 aromatic rings. The summed E-state index contributed by atoms with van der Waals surface area (Å²) in [4.78, 5) is 49.0. The number of hydrogen-bond acceptors (Lipinski definition) is 5. The van der Waals surface area contributed by atoms with Crippen molar-refractivity contribution in [1.29, 1.82) is 0 Å². The van der Waals surface area contributed by atoms with E-state index < -0.39 is 24.0 Å². The van der Waals surface area contributed by atoms with Gasteiger partial charge in [0, 0.05) is 47.6 Å². The van der Waals surface area contributed by atoms with Gasteiger partial charge in [0.25, 0.3) is 0 Å². The molecule has 0 saturated carbocycles. The zero-order valence-corrected chi connectivity index (χ0v) is 26.3. The minimum absolute atomic E-state index is 0.111. The molecule has 0 spiro atoms. The Morgan fingerprint density at radius 2 is 1.61 bits per heavy atom. The van der Waals surface area contributed by atoms with Crippen molar-refractivity contribution in [3.63, 3.8) is 0 Å². The number of ether oxygens (including phenoxy) is 2. The number of carbonyl (C=O) groups is 3. The third kappa shape index (κ3) is 7.17. The Morgan fingerprint density at radius 3 is 2.27 bits per heavy atom. The maximum Gasteiger partial charge on any atom is 0.344 e. The van der Waals surface area contributed by atoms with Gasteiger partial charge in [-0.05, 0) is 93.4 Å². The van der Waals surface area contributed by atoms with Gasteiger partial charge in [0.05, 0.1) is 12.1 Å². The second kappa shape index (κ2) is 13.7. The minimum Gasteiger partial charge on any atom is -0.462 e. The molecule has 1 fully saturated rings. The van der Waals surface area contributed by atoms with Crippen LogP contribution in [-0.2, 0) is 9.53 Å². The monoisotopic (exact) mass is 636 g/mol. The molecular formula is C33H34Cl2N4O5. The summed E-state index contributed by atoms with van der Waals surface area (Å²) in [6.07, 6.45) is 0.175. The number of hydrogen-bond donors (Lipinski definition) is 0. The van der Waals surface area contributed by atoms with Crippen LogP contribution in [0.15, 0.2) is 77.8 Å². The maximum atomic E-state index is 13.3. The van der Waals surface area contributed by atoms with Crippen LogP contribution in [0.3, 0.4) is 0 Å². The molecule has 44 heavy (non-hydrogen) atoms. The lowest BCUT2D eigenvalue weighted by Gasteiger charge is -2.39. The number of rotatable bonds is 10. The van der Waals surface area contributed by atoms with Crippen molar-refractivity contribution in [2.45, 2.75) is 39.3 Å². The summed E-state index contributed by atoms with van der Waals surface area (Å²) in [6, 6.07) is 20.4. The fourth-order valence-electron chi connectivity index (χ4n) is 5.51. The Morgan fingerprint density at radius 1 is 0.932 bits per heavy atom. The second-order valence-corrected chi connectivity index (χ2v) is 11.9. The van der Waals surface area contributed by atoms with Crippen molar-refractivity contribution in [2.75, 3.05) is 31.1 Å². The van der Waals surface area contributed by atoms with Gasteiger partial charge in [-0.25, -0.2) is 14.6 Å². The predicted molar refractivity (Wildman–Crippen MR) is 171 cm³/mol. The van der Waals surface area contributed by atoms with Gasteiger partial charge in [-0.1, -0.05) is 35.3 Å². The van der Waals surface area contributed by atoms with E-state index in [1.165, 1.54) is 0 Å². The van der Waals surface area contributed by atoms with E-state index in [4.69, 9.17) is 32.7 Å². The van der Waals surface area contributed by atoms with E-state index in [1.54, 1.807) is 77.9 Å². The van der Waals surface area contributed by atoms with Gasteiger partial charge in [-0.3, -0.25) is 9.69 Å². The maximum absolute atomic E-state index is 13.3. The van der Waals surface area contributed by atoms with Crippen LogP contribution < -0.4 is 9.64 Å². The van der Waals surface area contributed by atoms with E-state index >= 15 is 0 Å². The molecule has 3 aromatic carbocycles. The van der Waals surface area contributed by atoms with E-state index in [1.807, 2.05) is 30.3 Å². The normalized spacial score (nSPS) is 18.6. The zero-order valence-electron chi connectivity index (χ0n) is 24.8. The highest BCUT2D eigenvalue weighted by Gasteiger charge is 2.43. The first-order valence-electron chi connectivity index (χ1n) is 14.5. The van der Waals surface area contributed by atoms with E-state index in [-0.39, 0.29) is 12.1 Å². The Hall–Kier alpha value is -4.08. The molecule has 11 heteroatoms. The molecular weight excluding hydrogens is 603 g/mol. The van der Waals surface area contributed by atoms with Crippen molar-refractivity contribution in [3.05, 3.63) is 88.4 Å². The first-order chi connectivity index (χ1) is 21.1. The summed E-state index contributed by atoms with van der Waals surface area (Å²) >= 11 is 12.3. The molecule has 2 aliphatic heterocycles. The number of aliphatic imine (C=N–C) groups is 1. The average molecular weight is 638 g/mol. The summed E-state index contributed by atoms with van der Waals surface area (Å²) in [5, 5.41) is 1.13. The highest BCUT2D eigenvalue weighted by atomic mass is 35.5. The van der Waals surface area contributed by atoms with Crippen molar-refractivity contribution >= 4 is 52.6 Å². The van der Waals surface area contributed by atoms with Crippen LogP contribution in [0.25, 0.3) is 0 Å². The zero-order chi connectivity index (χ0) is 31.4. The smallest absolute Gasteiger partial charge is 0.344 e. The molecule has 2 unspecified atom stereocenters.